The third-order valence-corrected chi connectivity index (χ3v) is 11.0. The molecule has 0 radical (unpaired) electrons. The Morgan fingerprint density at radius 1 is 1.03 bits per heavy atom. The van der Waals surface area contributed by atoms with Crippen molar-refractivity contribution in [1.82, 2.24) is 19.8 Å². The SMILES string of the molecule is CN1CCN(C(C)(C)c2cc3c(Nc4ccc(F)c(CI)c4)ncnc3cc2N(S(C)(=O)=O)S(C)(=O)=O)CC1. The number of nitrogens with zero attached hydrogens (tertiary/aromatic N) is 5. The first kappa shape index (κ1) is 29.8. The lowest BCUT2D eigenvalue weighted by molar-refractivity contribution is 0.0611. The molecule has 0 aliphatic carbocycles. The number of aromatic nitrogens is 2. The Morgan fingerprint density at radius 3 is 2.26 bits per heavy atom. The van der Waals surface area contributed by atoms with E-state index in [9.17, 15) is 21.2 Å². The topological polar surface area (TPSA) is 116 Å². The zero-order valence-corrected chi connectivity index (χ0v) is 26.2. The molecule has 3 aromatic rings. The molecule has 1 aliphatic rings. The van der Waals surface area contributed by atoms with E-state index in [1.807, 2.05) is 20.9 Å². The quantitative estimate of drug-likeness (QED) is 0.280. The van der Waals surface area contributed by atoms with Crippen LogP contribution in [-0.2, 0) is 30.0 Å². The summed E-state index contributed by atoms with van der Waals surface area (Å²) >= 11 is 2.09. The highest BCUT2D eigenvalue weighted by molar-refractivity contribution is 14.1. The molecule has 0 amide bonds. The Labute approximate surface area is 242 Å². The van der Waals surface area contributed by atoms with E-state index in [1.165, 1.54) is 18.5 Å². The van der Waals surface area contributed by atoms with Gasteiger partial charge in [-0.3, -0.25) is 4.90 Å². The van der Waals surface area contributed by atoms with Crippen LogP contribution in [0.2, 0.25) is 0 Å². The van der Waals surface area contributed by atoms with E-state index in [-0.39, 0.29) is 11.5 Å². The largest absolute Gasteiger partial charge is 0.340 e. The van der Waals surface area contributed by atoms with Crippen LogP contribution in [0.1, 0.15) is 25.0 Å². The van der Waals surface area contributed by atoms with Crippen molar-refractivity contribution in [2.24, 2.45) is 0 Å². The molecule has 0 saturated carbocycles. The lowest BCUT2D eigenvalue weighted by Gasteiger charge is -2.44. The van der Waals surface area contributed by atoms with Crippen LogP contribution >= 0.6 is 22.6 Å². The molecular formula is C25H32FIN6O4S2. The zero-order chi connectivity index (χ0) is 28.8. The normalized spacial score (nSPS) is 16.0. The molecular weight excluding hydrogens is 658 g/mol. The molecule has 1 aromatic heterocycles. The van der Waals surface area contributed by atoms with Crippen molar-refractivity contribution in [2.75, 3.05) is 54.8 Å². The van der Waals surface area contributed by atoms with Gasteiger partial charge in [-0.1, -0.05) is 22.6 Å². The van der Waals surface area contributed by atoms with Crippen LogP contribution < -0.4 is 9.03 Å². The van der Waals surface area contributed by atoms with Gasteiger partial charge in [0.1, 0.15) is 18.0 Å². The maximum absolute atomic E-state index is 14.1. The summed E-state index contributed by atoms with van der Waals surface area (Å²) in [5, 5.41) is 3.80. The van der Waals surface area contributed by atoms with Gasteiger partial charge >= 0.3 is 0 Å². The van der Waals surface area contributed by atoms with Gasteiger partial charge in [-0.05, 0) is 62.4 Å². The Kier molecular flexibility index (Phi) is 8.44. The molecule has 10 nitrogen and oxygen atoms in total. The van der Waals surface area contributed by atoms with Crippen LogP contribution in [-0.4, -0.2) is 82.3 Å². The smallest absolute Gasteiger partial charge is 0.245 e. The third kappa shape index (κ3) is 6.29. The van der Waals surface area contributed by atoms with Crippen molar-refractivity contribution in [1.29, 1.82) is 0 Å². The summed E-state index contributed by atoms with van der Waals surface area (Å²) in [6, 6.07) is 7.94. The molecule has 0 bridgehead atoms. The predicted octanol–water partition coefficient (Wildman–Crippen LogP) is 3.66. The summed E-state index contributed by atoms with van der Waals surface area (Å²) in [5.74, 6) is 0.128. The van der Waals surface area contributed by atoms with Gasteiger partial charge in [0.15, 0.2) is 0 Å². The number of hydrogen-bond donors (Lipinski definition) is 1. The average Bonchev–Trinajstić information content (AvgIpc) is 2.83. The number of anilines is 3. The minimum Gasteiger partial charge on any atom is -0.340 e. The summed E-state index contributed by atoms with van der Waals surface area (Å²) in [6.07, 6.45) is 3.06. The number of alkyl halides is 1. The van der Waals surface area contributed by atoms with Gasteiger partial charge in [0, 0.05) is 47.2 Å². The first-order valence-electron chi connectivity index (χ1n) is 12.2. The van der Waals surface area contributed by atoms with Crippen LogP contribution in [0.4, 0.5) is 21.6 Å². The van der Waals surface area contributed by atoms with Gasteiger partial charge in [0.25, 0.3) is 0 Å². The van der Waals surface area contributed by atoms with Crippen LogP contribution in [0.25, 0.3) is 10.9 Å². The molecule has 212 valence electrons. The number of sulfonamides is 2. The first-order chi connectivity index (χ1) is 18.1. The highest BCUT2D eigenvalue weighted by Crippen LogP contribution is 2.41. The highest BCUT2D eigenvalue weighted by Gasteiger charge is 2.38. The molecule has 4 rings (SSSR count). The second-order valence-electron chi connectivity index (χ2n) is 10.2. The summed E-state index contributed by atoms with van der Waals surface area (Å²) in [7, 11) is -6.39. The van der Waals surface area contributed by atoms with E-state index < -0.39 is 25.6 Å². The summed E-state index contributed by atoms with van der Waals surface area (Å²) in [6.45, 7) is 6.96. The van der Waals surface area contributed by atoms with Crippen LogP contribution in [0.3, 0.4) is 0 Å². The Bertz CT molecular complexity index is 1580. The van der Waals surface area contributed by atoms with Gasteiger partial charge in [0.05, 0.1) is 23.7 Å². The number of halogens is 2. The Morgan fingerprint density at radius 2 is 1.67 bits per heavy atom. The van der Waals surface area contributed by atoms with E-state index in [0.29, 0.717) is 54.8 Å². The van der Waals surface area contributed by atoms with E-state index in [1.54, 1.807) is 18.2 Å². The second kappa shape index (κ2) is 11.0. The molecule has 2 aromatic carbocycles. The van der Waals surface area contributed by atoms with Gasteiger partial charge < -0.3 is 10.2 Å². The van der Waals surface area contributed by atoms with Crippen molar-refractivity contribution in [3.63, 3.8) is 0 Å². The predicted molar refractivity (Wildman–Crippen MR) is 161 cm³/mol. The fraction of sp³-hybridized carbons (Fsp3) is 0.440. The molecule has 39 heavy (non-hydrogen) atoms. The maximum Gasteiger partial charge on any atom is 0.245 e. The second-order valence-corrected chi connectivity index (χ2v) is 14.9. The molecule has 0 spiro atoms. The standard InChI is InChI=1S/C25H32FIN6O4S2/c1-25(2,32-10-8-31(3)9-11-32)20-13-19-22(14-23(20)33(38(4,34)35)39(5,36)37)28-16-29-24(19)30-18-6-7-21(26)17(12-18)15-27/h6-7,12-14,16H,8-11,15H2,1-5H3,(H,28,29,30). The fourth-order valence-corrected chi connectivity index (χ4v) is 8.43. The van der Waals surface area contributed by atoms with Gasteiger partial charge in [-0.25, -0.2) is 31.2 Å². The minimum absolute atomic E-state index is 0.0232. The molecule has 0 unspecified atom stereocenters. The molecule has 1 aliphatic heterocycles. The third-order valence-electron chi connectivity index (χ3n) is 6.96. The van der Waals surface area contributed by atoms with Crippen molar-refractivity contribution in [2.45, 2.75) is 23.8 Å². The lowest BCUT2D eigenvalue weighted by atomic mass is 9.89. The number of fused-ring (bicyclic) bond motifs is 1. The van der Waals surface area contributed by atoms with Crippen molar-refractivity contribution >= 4 is 70.7 Å². The van der Waals surface area contributed by atoms with Crippen LogP contribution in [0.5, 0.6) is 0 Å². The first-order valence-corrected chi connectivity index (χ1v) is 17.4. The van der Waals surface area contributed by atoms with Crippen molar-refractivity contribution < 1.29 is 21.2 Å². The Balaban J connectivity index is 1.96. The maximum atomic E-state index is 14.1. The summed E-state index contributed by atoms with van der Waals surface area (Å²) < 4.78 is 66.5. The fourth-order valence-electron chi connectivity index (χ4n) is 4.86. The van der Waals surface area contributed by atoms with E-state index in [2.05, 4.69) is 47.7 Å². The number of benzene rings is 2. The zero-order valence-electron chi connectivity index (χ0n) is 22.4. The van der Waals surface area contributed by atoms with Crippen LogP contribution in [0.15, 0.2) is 36.7 Å². The van der Waals surface area contributed by atoms with Crippen molar-refractivity contribution in [3.05, 3.63) is 53.6 Å². The molecule has 2 heterocycles. The molecule has 14 heteroatoms. The van der Waals surface area contributed by atoms with Crippen LogP contribution in [0, 0.1) is 5.82 Å². The Hall–Kier alpha value is -2.14. The number of hydrogen-bond acceptors (Lipinski definition) is 9. The highest BCUT2D eigenvalue weighted by atomic mass is 127. The van der Waals surface area contributed by atoms with E-state index in [4.69, 9.17) is 0 Å². The summed E-state index contributed by atoms with van der Waals surface area (Å²) in [5.41, 5.74) is 1.29. The number of nitrogens with one attached hydrogen (secondary N) is 1. The molecule has 1 fully saturated rings. The number of piperazine rings is 1. The van der Waals surface area contributed by atoms with Gasteiger partial charge in [0.2, 0.25) is 20.0 Å². The summed E-state index contributed by atoms with van der Waals surface area (Å²) in [4.78, 5) is 13.2. The van der Waals surface area contributed by atoms with Crippen molar-refractivity contribution in [3.8, 4) is 0 Å². The minimum atomic E-state index is -4.21. The molecule has 1 saturated heterocycles. The van der Waals surface area contributed by atoms with E-state index >= 15 is 0 Å². The monoisotopic (exact) mass is 690 g/mol. The van der Waals surface area contributed by atoms with Gasteiger partial charge in [-0.15, -0.1) is 0 Å². The molecule has 1 N–H and O–H groups in total. The van der Waals surface area contributed by atoms with Gasteiger partial charge in [-0.2, -0.15) is 3.71 Å². The van der Waals surface area contributed by atoms with E-state index in [0.717, 1.165) is 25.6 Å². The molecule has 0 atom stereocenters. The number of likely N-dealkylation sites (N-methyl/N-ethyl adjacent to an activating group) is 1. The number of rotatable bonds is 8. The lowest BCUT2D eigenvalue weighted by Crippen LogP contribution is -2.52. The average molecular weight is 691 g/mol.